The number of hydrogen-bond acceptors (Lipinski definition) is 2. The van der Waals surface area contributed by atoms with E-state index in [0.29, 0.717) is 6.42 Å². The molecule has 0 saturated carbocycles. The Morgan fingerprint density at radius 2 is 0.739 bits per heavy atom. The van der Waals surface area contributed by atoms with Crippen LogP contribution in [0.5, 0.6) is 0 Å². The fourth-order valence-electron chi connectivity index (χ4n) is 0. The molecular formula is C11H25O2Y10-5. The molecule has 0 aliphatic carbocycles. The molecule has 0 aromatic heterocycles. The van der Waals surface area contributed by atoms with Gasteiger partial charge in [0, 0.05) is 327 Å². The van der Waals surface area contributed by atoms with E-state index < -0.39 is 0 Å². The van der Waals surface area contributed by atoms with Crippen molar-refractivity contribution in [3.05, 3.63) is 21.8 Å². The molecule has 0 rings (SSSR count). The van der Waals surface area contributed by atoms with Crippen molar-refractivity contribution in [1.29, 1.82) is 0 Å². The molecule has 0 amide bonds. The summed E-state index contributed by atoms with van der Waals surface area (Å²) < 4.78 is 0. The molecule has 0 N–H and O–H groups in total. The van der Waals surface area contributed by atoms with Crippen LogP contribution in [0.4, 0.5) is 0 Å². The molecule has 0 aliphatic heterocycles. The van der Waals surface area contributed by atoms with Crippen molar-refractivity contribution in [2.45, 2.75) is 41.0 Å². The maximum atomic E-state index is 9.05. The molecule has 0 aliphatic rings. The fourth-order valence-corrected chi connectivity index (χ4v) is 0. The van der Waals surface area contributed by atoms with Gasteiger partial charge in [-0.2, -0.15) is 19.8 Å². The summed E-state index contributed by atoms with van der Waals surface area (Å²) in [5, 5.41) is 0. The van der Waals surface area contributed by atoms with Gasteiger partial charge in [-0.05, 0) is 0 Å². The minimum atomic E-state index is 0. The van der Waals surface area contributed by atoms with Crippen LogP contribution in [0.1, 0.15) is 41.0 Å². The Morgan fingerprint density at radius 1 is 0.696 bits per heavy atom. The van der Waals surface area contributed by atoms with Gasteiger partial charge in [-0.25, -0.2) is 0 Å². The second kappa shape index (κ2) is 154. The zero-order valence-corrected chi connectivity index (χ0v) is 43.1. The van der Waals surface area contributed by atoms with Crippen LogP contribution in [0, 0.1) is 21.8 Å². The largest absolute Gasteiger partial charge is 0.542 e. The second-order valence-corrected chi connectivity index (χ2v) is 1.20. The van der Waals surface area contributed by atoms with E-state index in [-0.39, 0.29) is 349 Å². The summed E-state index contributed by atoms with van der Waals surface area (Å²) in [6, 6.07) is 0. The van der Waals surface area contributed by atoms with Crippen LogP contribution in [0.2, 0.25) is 0 Å². The molecule has 0 aromatic carbocycles. The van der Waals surface area contributed by atoms with Gasteiger partial charge in [0.2, 0.25) is 0 Å². The Balaban J connectivity index is -0.00000000179. The van der Waals surface area contributed by atoms with Gasteiger partial charge in [-0.1, -0.05) is 21.3 Å². The van der Waals surface area contributed by atoms with Crippen molar-refractivity contribution in [2.75, 3.05) is 0 Å². The minimum Gasteiger partial charge on any atom is -0.542 e. The average Bonchev–Trinajstić information content (AvgIpc) is 1.91. The topological polar surface area (TPSA) is 34.1 Å². The average molecular weight is 1080 g/mol. The van der Waals surface area contributed by atoms with Crippen LogP contribution in [0.25, 0.3) is 0 Å². The molecule has 2 nitrogen and oxygen atoms in total. The van der Waals surface area contributed by atoms with Crippen molar-refractivity contribution in [3.63, 3.8) is 0 Å². The van der Waals surface area contributed by atoms with E-state index in [1.165, 1.54) is 13.2 Å². The predicted molar refractivity (Wildman–Crippen MR) is 62.6 cm³/mol. The van der Waals surface area contributed by atoms with Crippen molar-refractivity contribution >= 4 is 12.6 Å². The molecule has 0 aromatic rings. The van der Waals surface area contributed by atoms with Gasteiger partial charge in [0.1, 0.15) is 0 Å². The first-order valence-electron chi connectivity index (χ1n) is 3.18. The SMILES string of the molecule is C.CC[C-]=O.C[C-]=O.[CH2-]CC.[CH3-].[CH3-].[Y].[Y].[Y].[Y].[Y].[Y].[Y].[Y].[Y].[Y]. The Kier molecular flexibility index (Phi) is 777. The van der Waals surface area contributed by atoms with E-state index in [9.17, 15) is 0 Å². The summed E-state index contributed by atoms with van der Waals surface area (Å²) in [6.45, 7) is 8.58. The molecule has 0 bridgehead atoms. The van der Waals surface area contributed by atoms with E-state index in [1.54, 1.807) is 13.2 Å². The quantitative estimate of drug-likeness (QED) is 0.379. The Hall–Kier alpha value is 10.4. The van der Waals surface area contributed by atoms with E-state index in [0.717, 1.165) is 6.42 Å². The number of hydrogen-bond donors (Lipinski definition) is 0. The summed E-state index contributed by atoms with van der Waals surface area (Å²) in [5.41, 5.74) is 0. The molecule has 116 valence electrons. The number of carbonyl (C=O) groups excluding carboxylic acids is 2. The van der Waals surface area contributed by atoms with Crippen LogP contribution >= 0.6 is 0 Å². The molecular weight excluding hydrogens is 1050 g/mol. The summed E-state index contributed by atoms with van der Waals surface area (Å²) in [6.07, 6.45) is 4.69. The van der Waals surface area contributed by atoms with E-state index in [1.807, 2.05) is 6.92 Å². The van der Waals surface area contributed by atoms with Crippen molar-refractivity contribution in [1.82, 2.24) is 0 Å². The molecule has 0 spiro atoms. The molecule has 10 radical (unpaired) electrons. The zero-order chi connectivity index (χ0) is 8.83. The summed E-state index contributed by atoms with van der Waals surface area (Å²) in [5.74, 6) is 0. The summed E-state index contributed by atoms with van der Waals surface area (Å²) in [7, 11) is 0. The number of rotatable bonds is 1. The Bertz CT molecular complexity index is 74.8. The van der Waals surface area contributed by atoms with Crippen molar-refractivity contribution < 1.29 is 337 Å². The normalized spacial score (nSPS) is 2.43. The summed E-state index contributed by atoms with van der Waals surface area (Å²) in [4.78, 5) is 17.7. The maximum Gasteiger partial charge on any atom is 0 e. The van der Waals surface area contributed by atoms with Crippen LogP contribution in [0.15, 0.2) is 0 Å². The van der Waals surface area contributed by atoms with Gasteiger partial charge in [-0.3, -0.25) is 12.6 Å². The maximum absolute atomic E-state index is 9.05. The van der Waals surface area contributed by atoms with Crippen LogP contribution in [0.3, 0.4) is 0 Å². The van der Waals surface area contributed by atoms with Gasteiger partial charge in [0.05, 0.1) is 0 Å². The Morgan fingerprint density at radius 3 is 0.739 bits per heavy atom. The van der Waals surface area contributed by atoms with Crippen LogP contribution in [-0.4, -0.2) is 12.6 Å². The molecule has 0 saturated heterocycles. The fraction of sp³-hybridized carbons (Fsp3) is 0.545. The van der Waals surface area contributed by atoms with E-state index in [4.69, 9.17) is 9.59 Å². The molecule has 0 fully saturated rings. The standard InChI is InChI=1S/C3H5O.C3H7.C2H3O.CH4.2CH3.10Y/c1-2-3-4;1-3-2;1-2-3;;;;;;;;;;;;;/h2H2,1H3;1,3H2,2H3;1H3;1H4;2*1H3;;;;;;;;;;/q3*-1;;2*-1;;;;;;;;;;. The van der Waals surface area contributed by atoms with Crippen LogP contribution in [-0.2, 0) is 337 Å². The molecule has 12 heteroatoms. The third kappa shape index (κ3) is 231. The molecule has 0 heterocycles. The third-order valence-corrected chi connectivity index (χ3v) is 0.144. The van der Waals surface area contributed by atoms with E-state index >= 15 is 0 Å². The summed E-state index contributed by atoms with van der Waals surface area (Å²) >= 11 is 0. The third-order valence-electron chi connectivity index (χ3n) is 0.144. The smallest absolute Gasteiger partial charge is 0 e. The van der Waals surface area contributed by atoms with Gasteiger partial charge in [0.25, 0.3) is 0 Å². The second-order valence-electron chi connectivity index (χ2n) is 1.20. The zero-order valence-electron chi connectivity index (χ0n) is 14.7. The first kappa shape index (κ1) is 116. The van der Waals surface area contributed by atoms with Gasteiger partial charge < -0.3 is 31.4 Å². The van der Waals surface area contributed by atoms with Gasteiger partial charge in [-0.15, -0.1) is 0 Å². The molecule has 0 atom stereocenters. The van der Waals surface area contributed by atoms with Gasteiger partial charge >= 0.3 is 0 Å². The van der Waals surface area contributed by atoms with Crippen molar-refractivity contribution in [2.24, 2.45) is 0 Å². The molecule has 23 heavy (non-hydrogen) atoms. The predicted octanol–water partition coefficient (Wildman–Crippen LogP) is 3.36. The van der Waals surface area contributed by atoms with E-state index in [2.05, 4.69) is 6.92 Å². The van der Waals surface area contributed by atoms with Crippen molar-refractivity contribution in [3.8, 4) is 0 Å². The first-order valence-corrected chi connectivity index (χ1v) is 3.18. The van der Waals surface area contributed by atoms with Crippen LogP contribution < -0.4 is 0 Å². The Labute approximate surface area is 400 Å². The minimum absolute atomic E-state index is 0. The first-order chi connectivity index (χ1) is 4.74. The van der Waals surface area contributed by atoms with Gasteiger partial charge in [0.15, 0.2) is 0 Å². The molecule has 0 unspecified atom stereocenters. The monoisotopic (exact) mass is 1080 g/mol.